The molecule has 19 heavy (non-hydrogen) atoms. The number of rotatable bonds is 2. The average Bonchev–Trinajstić information content (AvgIpc) is 2.92. The fourth-order valence-electron chi connectivity index (χ4n) is 1.84. The number of anilines is 1. The first-order chi connectivity index (χ1) is 9.26. The summed E-state index contributed by atoms with van der Waals surface area (Å²) >= 11 is 1.44. The lowest BCUT2D eigenvalue weighted by Crippen LogP contribution is -2.17. The van der Waals surface area contributed by atoms with Crippen LogP contribution in [0.3, 0.4) is 0 Å². The minimum atomic E-state index is -0.0859. The Morgan fingerprint density at radius 2 is 2.21 bits per heavy atom. The summed E-state index contributed by atoms with van der Waals surface area (Å²) in [6.07, 6.45) is 3.66. The molecule has 1 aliphatic heterocycles. The van der Waals surface area contributed by atoms with E-state index in [0.717, 1.165) is 22.0 Å². The molecule has 0 fully saturated rings. The fourth-order valence-corrected chi connectivity index (χ4v) is 2.81. The van der Waals surface area contributed by atoms with Gasteiger partial charge in [0, 0.05) is 16.8 Å². The van der Waals surface area contributed by atoms with Gasteiger partial charge in [-0.3, -0.25) is 4.79 Å². The van der Waals surface area contributed by atoms with Crippen molar-refractivity contribution in [1.82, 2.24) is 4.98 Å². The Kier molecular flexibility index (Phi) is 3.05. The Bertz CT molecular complexity index is 647. The third-order valence-corrected chi connectivity index (χ3v) is 3.87. The van der Waals surface area contributed by atoms with Gasteiger partial charge in [0.2, 0.25) is 0 Å². The number of hydrogen-bond donors (Lipinski definition) is 2. The van der Waals surface area contributed by atoms with Gasteiger partial charge >= 0.3 is 0 Å². The first kappa shape index (κ1) is 11.9. The maximum atomic E-state index is 12.0. The summed E-state index contributed by atoms with van der Waals surface area (Å²) in [6.45, 7) is 0. The number of nitrogens with one attached hydrogen (secondary N) is 2. The van der Waals surface area contributed by atoms with Gasteiger partial charge in [0.1, 0.15) is 5.75 Å². The summed E-state index contributed by atoms with van der Waals surface area (Å²) < 4.78 is 5.20. The number of H-pyrrole nitrogens is 1. The van der Waals surface area contributed by atoms with Gasteiger partial charge in [-0.05, 0) is 36.4 Å². The highest BCUT2D eigenvalue weighted by Crippen LogP contribution is 2.40. The molecule has 3 rings (SSSR count). The van der Waals surface area contributed by atoms with Crippen molar-refractivity contribution < 1.29 is 9.53 Å². The zero-order chi connectivity index (χ0) is 13.2. The number of benzene rings is 1. The lowest BCUT2D eigenvalue weighted by atomic mass is 10.3. The number of aromatic nitrogens is 1. The van der Waals surface area contributed by atoms with Crippen LogP contribution in [-0.2, 0) is 4.79 Å². The molecule has 1 amide bonds. The van der Waals surface area contributed by atoms with E-state index in [9.17, 15) is 4.79 Å². The van der Waals surface area contributed by atoms with Crippen LogP contribution in [0.15, 0.2) is 46.3 Å². The number of thioether (sulfide) groups is 1. The Morgan fingerprint density at radius 1 is 1.32 bits per heavy atom. The van der Waals surface area contributed by atoms with Gasteiger partial charge in [0.15, 0.2) is 0 Å². The molecule has 2 heterocycles. The van der Waals surface area contributed by atoms with Crippen molar-refractivity contribution in [3.05, 3.63) is 47.1 Å². The van der Waals surface area contributed by atoms with Crippen LogP contribution in [0.1, 0.15) is 5.69 Å². The Morgan fingerprint density at radius 3 is 2.95 bits per heavy atom. The fraction of sp³-hybridized carbons (Fsp3) is 0.0714. The first-order valence-corrected chi connectivity index (χ1v) is 6.60. The van der Waals surface area contributed by atoms with Gasteiger partial charge < -0.3 is 15.0 Å². The van der Waals surface area contributed by atoms with Crippen molar-refractivity contribution in [1.29, 1.82) is 0 Å². The van der Waals surface area contributed by atoms with Crippen molar-refractivity contribution in [2.24, 2.45) is 0 Å². The van der Waals surface area contributed by atoms with Crippen LogP contribution < -0.4 is 10.1 Å². The largest absolute Gasteiger partial charge is 0.497 e. The van der Waals surface area contributed by atoms with Crippen LogP contribution in [-0.4, -0.2) is 18.0 Å². The Hall–Kier alpha value is -2.14. The second-order valence-corrected chi connectivity index (χ2v) is 5.14. The number of carbonyl (C=O) groups is 1. The van der Waals surface area contributed by atoms with Crippen LogP contribution in [0.2, 0.25) is 0 Å². The molecule has 0 atom stereocenters. The predicted molar refractivity (Wildman–Crippen MR) is 76.3 cm³/mol. The summed E-state index contributed by atoms with van der Waals surface area (Å²) in [6, 6.07) is 9.42. The molecule has 0 bridgehead atoms. The van der Waals surface area contributed by atoms with Gasteiger partial charge in [-0.1, -0.05) is 11.8 Å². The number of fused-ring (bicyclic) bond motifs is 1. The topological polar surface area (TPSA) is 54.1 Å². The second kappa shape index (κ2) is 4.85. The van der Waals surface area contributed by atoms with Gasteiger partial charge in [-0.15, -0.1) is 0 Å². The number of ether oxygens (including phenoxy) is 1. The normalized spacial score (nSPS) is 16.1. The van der Waals surface area contributed by atoms with Crippen LogP contribution >= 0.6 is 11.8 Å². The number of aromatic amines is 1. The summed E-state index contributed by atoms with van der Waals surface area (Å²) in [7, 11) is 1.63. The van der Waals surface area contributed by atoms with E-state index in [2.05, 4.69) is 10.3 Å². The minimum absolute atomic E-state index is 0.0859. The Balaban J connectivity index is 1.96. The summed E-state index contributed by atoms with van der Waals surface area (Å²) in [5.41, 5.74) is 1.73. The van der Waals surface area contributed by atoms with E-state index >= 15 is 0 Å². The van der Waals surface area contributed by atoms with E-state index in [4.69, 9.17) is 4.74 Å². The molecule has 1 aromatic carbocycles. The lowest BCUT2D eigenvalue weighted by molar-refractivity contribution is -0.112. The van der Waals surface area contributed by atoms with Gasteiger partial charge in [0.25, 0.3) is 5.91 Å². The molecular weight excluding hydrogens is 260 g/mol. The SMILES string of the molecule is COc1ccc2c(c1)S/C(=C\c1ccc[nH]1)C(=O)N2. The smallest absolute Gasteiger partial charge is 0.262 e. The molecule has 0 spiro atoms. The quantitative estimate of drug-likeness (QED) is 0.826. The summed E-state index contributed by atoms with van der Waals surface area (Å²) in [5, 5.41) is 2.88. The highest BCUT2D eigenvalue weighted by Gasteiger charge is 2.21. The molecule has 0 saturated heterocycles. The van der Waals surface area contributed by atoms with Crippen LogP contribution in [0, 0.1) is 0 Å². The monoisotopic (exact) mass is 272 g/mol. The van der Waals surface area contributed by atoms with Crippen molar-refractivity contribution in [3.8, 4) is 5.75 Å². The third kappa shape index (κ3) is 2.37. The molecule has 4 nitrogen and oxygen atoms in total. The molecule has 0 aliphatic carbocycles. The van der Waals surface area contributed by atoms with Gasteiger partial charge in [0.05, 0.1) is 17.7 Å². The molecule has 1 aliphatic rings. The summed E-state index contributed by atoms with van der Waals surface area (Å²) in [4.78, 5) is 16.7. The lowest BCUT2D eigenvalue weighted by Gasteiger charge is -2.19. The molecule has 0 radical (unpaired) electrons. The molecule has 1 aromatic heterocycles. The van der Waals surface area contributed by atoms with E-state index in [0.29, 0.717) is 4.91 Å². The number of amides is 1. The maximum absolute atomic E-state index is 12.0. The van der Waals surface area contributed by atoms with Crippen LogP contribution in [0.25, 0.3) is 6.08 Å². The number of carbonyl (C=O) groups excluding carboxylic acids is 1. The molecule has 96 valence electrons. The predicted octanol–water partition coefficient (Wildman–Crippen LogP) is 3.11. The number of hydrogen-bond acceptors (Lipinski definition) is 3. The molecule has 2 N–H and O–H groups in total. The van der Waals surface area contributed by atoms with Crippen molar-refractivity contribution in [3.63, 3.8) is 0 Å². The molecule has 0 unspecified atom stereocenters. The number of methoxy groups -OCH3 is 1. The second-order valence-electron chi connectivity index (χ2n) is 4.05. The van der Waals surface area contributed by atoms with Crippen molar-refractivity contribution >= 4 is 29.4 Å². The zero-order valence-corrected chi connectivity index (χ0v) is 11.1. The molecule has 0 saturated carbocycles. The van der Waals surface area contributed by atoms with Gasteiger partial charge in [-0.2, -0.15) is 0 Å². The minimum Gasteiger partial charge on any atom is -0.497 e. The van der Waals surface area contributed by atoms with Crippen LogP contribution in [0.4, 0.5) is 5.69 Å². The van der Waals surface area contributed by atoms with Crippen molar-refractivity contribution in [2.75, 3.05) is 12.4 Å². The zero-order valence-electron chi connectivity index (χ0n) is 10.3. The third-order valence-electron chi connectivity index (χ3n) is 2.79. The van der Waals surface area contributed by atoms with E-state index in [1.54, 1.807) is 7.11 Å². The standard InChI is InChI=1S/C14H12N2O2S/c1-18-10-4-5-11-12(8-10)19-13(14(17)16-11)7-9-3-2-6-15-9/h2-8,15H,1H3,(H,16,17)/b13-7-. The highest BCUT2D eigenvalue weighted by atomic mass is 32.2. The van der Waals surface area contributed by atoms with Crippen molar-refractivity contribution in [2.45, 2.75) is 4.90 Å². The van der Waals surface area contributed by atoms with Gasteiger partial charge in [-0.25, -0.2) is 0 Å². The van der Waals surface area contributed by atoms with E-state index in [1.807, 2.05) is 42.6 Å². The van der Waals surface area contributed by atoms with E-state index < -0.39 is 0 Å². The van der Waals surface area contributed by atoms with Crippen LogP contribution in [0.5, 0.6) is 5.75 Å². The molecule has 5 heteroatoms. The Labute approximate surface area is 114 Å². The average molecular weight is 272 g/mol. The van der Waals surface area contributed by atoms with E-state index in [-0.39, 0.29) is 5.91 Å². The summed E-state index contributed by atoms with van der Waals surface area (Å²) in [5.74, 6) is 0.693. The highest BCUT2D eigenvalue weighted by molar-refractivity contribution is 8.04. The molecular formula is C14H12N2O2S. The maximum Gasteiger partial charge on any atom is 0.262 e. The first-order valence-electron chi connectivity index (χ1n) is 5.78. The van der Waals surface area contributed by atoms with E-state index in [1.165, 1.54) is 11.8 Å². The molecule has 2 aromatic rings.